The summed E-state index contributed by atoms with van der Waals surface area (Å²) in [6.45, 7) is 1.74. The third-order valence-corrected chi connectivity index (χ3v) is 6.38. The van der Waals surface area contributed by atoms with Gasteiger partial charge in [0.15, 0.2) is 0 Å². The van der Waals surface area contributed by atoms with E-state index in [9.17, 15) is 14.9 Å². The van der Waals surface area contributed by atoms with Crippen LogP contribution in [0.4, 0.5) is 5.69 Å². The Balaban J connectivity index is 1.82. The molecule has 0 aliphatic rings. The van der Waals surface area contributed by atoms with E-state index in [2.05, 4.69) is 5.10 Å². The van der Waals surface area contributed by atoms with Gasteiger partial charge in [-0.1, -0.05) is 65.3 Å². The Bertz CT molecular complexity index is 1360. The van der Waals surface area contributed by atoms with Gasteiger partial charge in [0, 0.05) is 11.1 Å². The molecule has 0 aliphatic carbocycles. The Morgan fingerprint density at radius 1 is 1.06 bits per heavy atom. The van der Waals surface area contributed by atoms with Gasteiger partial charge in [0.05, 0.1) is 36.7 Å². The molecule has 0 radical (unpaired) electrons. The number of carbonyl (C=O) groups excluding carboxylic acids is 1. The number of aromatic nitrogens is 2. The molecule has 33 heavy (non-hydrogen) atoms. The first-order chi connectivity index (χ1) is 15.8. The lowest BCUT2D eigenvalue weighted by atomic mass is 10.2. The fourth-order valence-electron chi connectivity index (χ4n) is 3.04. The van der Waals surface area contributed by atoms with Crippen LogP contribution in [-0.2, 0) is 0 Å². The van der Waals surface area contributed by atoms with Crippen LogP contribution in [0, 0.1) is 17.0 Å². The molecular weight excluding hydrogens is 485 g/mol. The van der Waals surface area contributed by atoms with Gasteiger partial charge >= 0.3 is 5.97 Å². The lowest BCUT2D eigenvalue weighted by Crippen LogP contribution is -2.13. The smallest absolute Gasteiger partial charge is 0.346 e. The number of rotatable bonds is 6. The molecule has 0 aliphatic heterocycles. The fraction of sp³-hybridized carbons (Fsp3) is 0.0435. The number of aryl methyl sites for hydroxylation is 1. The lowest BCUT2D eigenvalue weighted by Gasteiger charge is -2.11. The zero-order valence-corrected chi connectivity index (χ0v) is 19.4. The molecule has 0 spiro atoms. The Labute approximate surface area is 203 Å². The van der Waals surface area contributed by atoms with Crippen molar-refractivity contribution in [2.75, 3.05) is 0 Å². The van der Waals surface area contributed by atoms with Crippen molar-refractivity contribution < 1.29 is 14.5 Å². The van der Waals surface area contributed by atoms with E-state index >= 15 is 0 Å². The molecule has 10 heteroatoms. The maximum Gasteiger partial charge on any atom is 0.346 e. The Morgan fingerprint density at radius 3 is 2.48 bits per heavy atom. The second kappa shape index (κ2) is 9.66. The van der Waals surface area contributed by atoms with E-state index in [1.807, 2.05) is 18.2 Å². The summed E-state index contributed by atoms with van der Waals surface area (Å²) in [6, 6.07) is 19.9. The van der Waals surface area contributed by atoms with E-state index in [1.165, 1.54) is 22.9 Å². The number of carbonyl (C=O) groups is 1. The molecule has 166 valence electrons. The van der Waals surface area contributed by atoms with Gasteiger partial charge in [-0.2, -0.15) is 9.78 Å². The normalized spacial score (nSPS) is 10.8. The zero-order chi connectivity index (χ0) is 23.5. The highest BCUT2D eigenvalue weighted by molar-refractivity contribution is 7.99. The molecule has 4 aromatic rings. The largest absolute Gasteiger partial charge is 0.402 e. The summed E-state index contributed by atoms with van der Waals surface area (Å²) in [6.07, 6.45) is 0. The molecular formula is C23H15Cl2N3O4S. The van der Waals surface area contributed by atoms with E-state index in [4.69, 9.17) is 27.9 Å². The molecule has 0 saturated heterocycles. The van der Waals surface area contributed by atoms with E-state index in [1.54, 1.807) is 43.3 Å². The Morgan fingerprint density at radius 2 is 1.76 bits per heavy atom. The summed E-state index contributed by atoms with van der Waals surface area (Å²) in [4.78, 5) is 24.9. The number of halogens is 2. The van der Waals surface area contributed by atoms with Crippen molar-refractivity contribution >= 4 is 46.6 Å². The molecule has 4 rings (SSSR count). The highest BCUT2D eigenvalue weighted by atomic mass is 35.5. The van der Waals surface area contributed by atoms with Gasteiger partial charge in [-0.3, -0.25) is 10.1 Å². The minimum absolute atomic E-state index is 0.0653. The molecule has 1 aromatic heterocycles. The number of nitrogens with zero attached hydrogens (tertiary/aromatic N) is 3. The van der Waals surface area contributed by atoms with Gasteiger partial charge in [0.1, 0.15) is 0 Å². The zero-order valence-electron chi connectivity index (χ0n) is 17.1. The number of para-hydroxylation sites is 2. The van der Waals surface area contributed by atoms with Crippen LogP contribution < -0.4 is 4.74 Å². The summed E-state index contributed by atoms with van der Waals surface area (Å²) in [5.41, 5.74) is 1.20. The first kappa shape index (κ1) is 22.8. The van der Waals surface area contributed by atoms with Gasteiger partial charge in [0.2, 0.25) is 5.88 Å². The Kier molecular flexibility index (Phi) is 6.69. The third kappa shape index (κ3) is 4.88. The predicted octanol–water partition coefficient (Wildman–Crippen LogP) is 6.77. The molecule has 7 nitrogen and oxygen atoms in total. The van der Waals surface area contributed by atoms with E-state index < -0.39 is 10.9 Å². The first-order valence-electron chi connectivity index (χ1n) is 9.58. The van der Waals surface area contributed by atoms with Gasteiger partial charge < -0.3 is 4.74 Å². The lowest BCUT2D eigenvalue weighted by molar-refractivity contribution is -0.387. The monoisotopic (exact) mass is 499 g/mol. The van der Waals surface area contributed by atoms with Crippen LogP contribution in [0.15, 0.2) is 82.6 Å². The van der Waals surface area contributed by atoms with Gasteiger partial charge in [0.25, 0.3) is 5.69 Å². The quantitative estimate of drug-likeness (QED) is 0.165. The topological polar surface area (TPSA) is 87.3 Å². The SMILES string of the molecule is Cc1nn(-c2ccccc2)c(OC(=O)c2cc(Cl)ccc2Cl)c1Sc1ccccc1[N+](=O)[O-]. The van der Waals surface area contributed by atoms with Crippen molar-refractivity contribution in [3.8, 4) is 11.6 Å². The van der Waals surface area contributed by atoms with Crippen molar-refractivity contribution in [3.63, 3.8) is 0 Å². The highest BCUT2D eigenvalue weighted by Crippen LogP contribution is 2.42. The number of nitro groups is 1. The minimum atomic E-state index is -0.732. The molecule has 1 heterocycles. The number of ether oxygens (including phenoxy) is 1. The van der Waals surface area contributed by atoms with Crippen molar-refractivity contribution in [1.82, 2.24) is 9.78 Å². The summed E-state index contributed by atoms with van der Waals surface area (Å²) >= 11 is 13.3. The number of hydrogen-bond donors (Lipinski definition) is 0. The van der Waals surface area contributed by atoms with Crippen LogP contribution in [0.3, 0.4) is 0 Å². The molecule has 0 atom stereocenters. The fourth-order valence-corrected chi connectivity index (χ4v) is 4.43. The van der Waals surface area contributed by atoms with Gasteiger partial charge in [-0.25, -0.2) is 4.79 Å². The number of hydrogen-bond acceptors (Lipinski definition) is 6. The van der Waals surface area contributed by atoms with Crippen molar-refractivity contribution in [1.29, 1.82) is 0 Å². The van der Waals surface area contributed by atoms with Crippen LogP contribution in [0.25, 0.3) is 5.69 Å². The summed E-state index contributed by atoms with van der Waals surface area (Å²) in [7, 11) is 0. The molecule has 0 bridgehead atoms. The second-order valence-corrected chi connectivity index (χ2v) is 8.70. The second-order valence-electron chi connectivity index (χ2n) is 6.81. The van der Waals surface area contributed by atoms with Gasteiger partial charge in [-0.05, 0) is 43.3 Å². The van der Waals surface area contributed by atoms with Crippen LogP contribution in [0.5, 0.6) is 5.88 Å². The first-order valence-corrected chi connectivity index (χ1v) is 11.2. The maximum absolute atomic E-state index is 13.0. The average Bonchev–Trinajstić information content (AvgIpc) is 3.11. The van der Waals surface area contributed by atoms with Crippen LogP contribution in [0.1, 0.15) is 16.1 Å². The van der Waals surface area contributed by atoms with E-state index in [0.717, 1.165) is 11.8 Å². The van der Waals surface area contributed by atoms with Crippen molar-refractivity contribution in [2.45, 2.75) is 16.7 Å². The third-order valence-electron chi connectivity index (χ3n) is 4.58. The van der Waals surface area contributed by atoms with Crippen molar-refractivity contribution in [2.24, 2.45) is 0 Å². The number of esters is 1. The average molecular weight is 500 g/mol. The predicted molar refractivity (Wildman–Crippen MR) is 127 cm³/mol. The maximum atomic E-state index is 13.0. The minimum Gasteiger partial charge on any atom is -0.402 e. The van der Waals surface area contributed by atoms with Crippen LogP contribution in [0.2, 0.25) is 10.0 Å². The molecule has 0 saturated carbocycles. The summed E-state index contributed by atoms with van der Waals surface area (Å²) < 4.78 is 7.25. The standard InChI is InChI=1S/C23H15Cl2N3O4S/c1-14-21(33-20-10-6-5-9-19(20)28(30)31)22(27(26-14)16-7-3-2-4-8-16)32-23(29)17-13-15(24)11-12-18(17)25/h2-13H,1H3. The molecule has 0 unspecified atom stereocenters. The summed E-state index contributed by atoms with van der Waals surface area (Å²) in [5.74, 6) is -0.619. The number of benzene rings is 3. The van der Waals surface area contributed by atoms with Crippen LogP contribution >= 0.6 is 35.0 Å². The Hall–Kier alpha value is -3.33. The molecule has 0 fully saturated rings. The van der Waals surface area contributed by atoms with Crippen molar-refractivity contribution in [3.05, 3.63) is 104 Å². The molecule has 3 aromatic carbocycles. The molecule has 0 N–H and O–H groups in total. The summed E-state index contributed by atoms with van der Waals surface area (Å²) in [5, 5.41) is 16.5. The van der Waals surface area contributed by atoms with E-state index in [-0.39, 0.29) is 22.2 Å². The van der Waals surface area contributed by atoms with Crippen LogP contribution in [-0.4, -0.2) is 20.7 Å². The molecule has 0 amide bonds. The highest BCUT2D eigenvalue weighted by Gasteiger charge is 2.26. The van der Waals surface area contributed by atoms with Gasteiger partial charge in [-0.15, -0.1) is 0 Å². The van der Waals surface area contributed by atoms with E-state index in [0.29, 0.717) is 26.2 Å². The number of nitro benzene ring substituents is 1.